The topological polar surface area (TPSA) is 83.5 Å². The van der Waals surface area contributed by atoms with E-state index in [4.69, 9.17) is 23.2 Å². The van der Waals surface area contributed by atoms with Gasteiger partial charge in [0, 0.05) is 5.02 Å². The molecule has 1 aromatic rings. The summed E-state index contributed by atoms with van der Waals surface area (Å²) in [6.45, 7) is 0. The van der Waals surface area contributed by atoms with Gasteiger partial charge in [-0.2, -0.15) is 0 Å². The smallest absolute Gasteiger partial charge is 0.253 e. The lowest BCUT2D eigenvalue weighted by Gasteiger charge is -2.36. The second kappa shape index (κ2) is 8.97. The van der Waals surface area contributed by atoms with Gasteiger partial charge >= 0.3 is 0 Å². The Morgan fingerprint density at radius 2 is 1.67 bits per heavy atom. The molecule has 2 unspecified atom stereocenters. The molecule has 3 fully saturated rings. The van der Waals surface area contributed by atoms with Gasteiger partial charge in [-0.3, -0.25) is 4.79 Å². The molecule has 3 aliphatic carbocycles. The Morgan fingerprint density at radius 3 is 2.23 bits per heavy atom. The van der Waals surface area contributed by atoms with Crippen LogP contribution >= 0.6 is 23.2 Å². The highest BCUT2D eigenvalue weighted by Gasteiger charge is 2.43. The van der Waals surface area contributed by atoms with Gasteiger partial charge in [0.25, 0.3) is 5.91 Å². The number of aliphatic hydroxyl groups is 1. The number of aliphatic hydroxyl groups excluding tert-OH is 1. The van der Waals surface area contributed by atoms with E-state index in [0.717, 1.165) is 25.7 Å². The Labute approximate surface area is 188 Å². The van der Waals surface area contributed by atoms with Gasteiger partial charge < -0.3 is 10.4 Å². The molecule has 0 bridgehead atoms. The predicted molar refractivity (Wildman–Crippen MR) is 119 cm³/mol. The molecule has 2 N–H and O–H groups in total. The highest BCUT2D eigenvalue weighted by Crippen LogP contribution is 2.40. The van der Waals surface area contributed by atoms with Crippen LogP contribution in [-0.4, -0.2) is 42.6 Å². The lowest BCUT2D eigenvalue weighted by molar-refractivity contribution is 0.0568. The third-order valence-electron chi connectivity index (χ3n) is 6.85. The van der Waals surface area contributed by atoms with E-state index in [1.165, 1.54) is 6.07 Å². The molecule has 0 saturated heterocycles. The SMILES string of the molecule is O=C(NC(C1CCC(S(=O)(=O)CC2CC2)CC1)C(O)C1CC1)c1ccc(Cl)cc1Cl. The zero-order valence-corrected chi connectivity index (χ0v) is 19.2. The van der Waals surface area contributed by atoms with E-state index in [2.05, 4.69) is 5.32 Å². The molecule has 8 heteroatoms. The predicted octanol–water partition coefficient (Wildman–Crippen LogP) is 4.25. The van der Waals surface area contributed by atoms with Gasteiger partial charge in [-0.1, -0.05) is 23.2 Å². The van der Waals surface area contributed by atoms with Crippen molar-refractivity contribution in [2.45, 2.75) is 68.8 Å². The third kappa shape index (κ3) is 5.32. The number of hydrogen-bond acceptors (Lipinski definition) is 4. The summed E-state index contributed by atoms with van der Waals surface area (Å²) in [6, 6.07) is 4.33. The van der Waals surface area contributed by atoms with Crippen LogP contribution < -0.4 is 5.32 Å². The van der Waals surface area contributed by atoms with Crippen LogP contribution in [0.15, 0.2) is 18.2 Å². The minimum Gasteiger partial charge on any atom is -0.391 e. The van der Waals surface area contributed by atoms with Crippen molar-refractivity contribution in [3.05, 3.63) is 33.8 Å². The van der Waals surface area contributed by atoms with E-state index in [-0.39, 0.29) is 28.0 Å². The monoisotopic (exact) mass is 473 g/mol. The van der Waals surface area contributed by atoms with Gasteiger partial charge in [-0.25, -0.2) is 8.42 Å². The minimum absolute atomic E-state index is 0.0583. The summed E-state index contributed by atoms with van der Waals surface area (Å²) in [5.41, 5.74) is 0.328. The molecular weight excluding hydrogens is 445 g/mol. The van der Waals surface area contributed by atoms with Crippen LogP contribution in [0.25, 0.3) is 0 Å². The number of halogens is 2. The first-order chi connectivity index (χ1) is 14.2. The molecule has 1 aromatic carbocycles. The fourth-order valence-corrected chi connectivity index (χ4v) is 7.42. The van der Waals surface area contributed by atoms with E-state index in [1.54, 1.807) is 12.1 Å². The van der Waals surface area contributed by atoms with Gasteiger partial charge in [0.05, 0.1) is 33.7 Å². The molecule has 4 rings (SSSR count). The Morgan fingerprint density at radius 1 is 1.03 bits per heavy atom. The average Bonchev–Trinajstić information content (AvgIpc) is 3.59. The van der Waals surface area contributed by atoms with Gasteiger partial charge in [0.15, 0.2) is 9.84 Å². The largest absolute Gasteiger partial charge is 0.391 e. The Bertz CT molecular complexity index is 890. The van der Waals surface area contributed by atoms with Crippen molar-refractivity contribution in [1.29, 1.82) is 0 Å². The maximum absolute atomic E-state index is 12.9. The molecule has 0 heterocycles. The van der Waals surface area contributed by atoms with Crippen LogP contribution in [0.3, 0.4) is 0 Å². The summed E-state index contributed by atoms with van der Waals surface area (Å²) < 4.78 is 25.3. The number of sulfone groups is 1. The Hall–Kier alpha value is -0.820. The second-order valence-electron chi connectivity index (χ2n) is 9.26. The van der Waals surface area contributed by atoms with Crippen molar-refractivity contribution < 1.29 is 18.3 Å². The molecule has 3 saturated carbocycles. The fraction of sp³-hybridized carbons (Fsp3) is 0.682. The highest BCUT2D eigenvalue weighted by molar-refractivity contribution is 7.92. The molecular formula is C22H29Cl2NO4S. The maximum Gasteiger partial charge on any atom is 0.253 e. The van der Waals surface area contributed by atoms with Crippen molar-refractivity contribution in [2.75, 3.05) is 5.75 Å². The molecule has 5 nitrogen and oxygen atoms in total. The van der Waals surface area contributed by atoms with E-state index >= 15 is 0 Å². The fourth-order valence-electron chi connectivity index (χ4n) is 4.67. The van der Waals surface area contributed by atoms with Gasteiger partial charge in [0.1, 0.15) is 0 Å². The van der Waals surface area contributed by atoms with Crippen LogP contribution in [0.2, 0.25) is 10.0 Å². The van der Waals surface area contributed by atoms with E-state index < -0.39 is 22.0 Å². The summed E-state index contributed by atoms with van der Waals surface area (Å²) >= 11 is 12.1. The lowest BCUT2D eigenvalue weighted by atomic mass is 9.80. The van der Waals surface area contributed by atoms with Crippen molar-refractivity contribution in [3.63, 3.8) is 0 Å². The second-order valence-corrected chi connectivity index (χ2v) is 12.4. The molecule has 3 aliphatic rings. The summed E-state index contributed by atoms with van der Waals surface area (Å²) in [5, 5.41) is 14.3. The van der Waals surface area contributed by atoms with Crippen LogP contribution in [0.4, 0.5) is 0 Å². The number of carbonyl (C=O) groups excluding carboxylic acids is 1. The Kier molecular flexibility index (Phi) is 6.69. The number of amides is 1. The van der Waals surface area contributed by atoms with Gasteiger partial charge in [-0.05, 0) is 87.3 Å². The number of hydrogen-bond donors (Lipinski definition) is 2. The maximum atomic E-state index is 12.9. The molecule has 0 aliphatic heterocycles. The van der Waals surface area contributed by atoms with Crippen molar-refractivity contribution in [3.8, 4) is 0 Å². The molecule has 0 aromatic heterocycles. The van der Waals surface area contributed by atoms with Gasteiger partial charge in [0.2, 0.25) is 0 Å². The first-order valence-electron chi connectivity index (χ1n) is 10.9. The van der Waals surface area contributed by atoms with Crippen LogP contribution in [0.1, 0.15) is 61.7 Å². The van der Waals surface area contributed by atoms with Crippen LogP contribution in [0.5, 0.6) is 0 Å². The molecule has 30 heavy (non-hydrogen) atoms. The summed E-state index contributed by atoms with van der Waals surface area (Å²) in [5.74, 6) is 0.614. The minimum atomic E-state index is -3.05. The number of benzene rings is 1. The molecule has 166 valence electrons. The number of rotatable bonds is 8. The van der Waals surface area contributed by atoms with E-state index in [9.17, 15) is 18.3 Å². The quantitative estimate of drug-likeness (QED) is 0.590. The summed E-state index contributed by atoms with van der Waals surface area (Å²) in [6.07, 6.45) is 5.95. The third-order valence-corrected chi connectivity index (χ3v) is 9.82. The normalized spacial score (nSPS) is 26.8. The molecule has 1 amide bonds. The van der Waals surface area contributed by atoms with Gasteiger partial charge in [-0.15, -0.1) is 0 Å². The average molecular weight is 474 g/mol. The highest BCUT2D eigenvalue weighted by atomic mass is 35.5. The summed E-state index contributed by atoms with van der Waals surface area (Å²) in [4.78, 5) is 12.9. The van der Waals surface area contributed by atoms with E-state index in [0.29, 0.717) is 47.9 Å². The zero-order valence-electron chi connectivity index (χ0n) is 16.9. The Balaban J connectivity index is 1.43. The van der Waals surface area contributed by atoms with Crippen molar-refractivity contribution in [1.82, 2.24) is 5.32 Å². The van der Waals surface area contributed by atoms with Crippen molar-refractivity contribution in [2.24, 2.45) is 17.8 Å². The summed E-state index contributed by atoms with van der Waals surface area (Å²) in [7, 11) is -3.05. The lowest BCUT2D eigenvalue weighted by Crippen LogP contribution is -2.50. The first-order valence-corrected chi connectivity index (χ1v) is 13.4. The van der Waals surface area contributed by atoms with Crippen LogP contribution in [0, 0.1) is 17.8 Å². The number of carbonyl (C=O) groups is 1. The van der Waals surface area contributed by atoms with E-state index in [1.807, 2.05) is 0 Å². The molecule has 0 radical (unpaired) electrons. The number of nitrogens with one attached hydrogen (secondary N) is 1. The van der Waals surface area contributed by atoms with Crippen molar-refractivity contribution >= 4 is 38.9 Å². The zero-order chi connectivity index (χ0) is 21.5. The molecule has 2 atom stereocenters. The molecule has 0 spiro atoms. The first kappa shape index (κ1) is 22.4. The van der Waals surface area contributed by atoms with Crippen LogP contribution in [-0.2, 0) is 9.84 Å². The standard InChI is InChI=1S/C22H29Cl2NO4S/c23-16-7-10-18(19(24)11-16)22(27)25-20(21(26)15-3-4-15)14-5-8-17(9-6-14)30(28,29)12-13-1-2-13/h7,10-11,13-15,17,20-21,26H,1-6,8-9,12H2,(H,25,27).